The number of aromatic nitrogens is 2. The molecule has 5 nitrogen and oxygen atoms in total. The summed E-state index contributed by atoms with van der Waals surface area (Å²) >= 11 is 0. The number of anilines is 3. The van der Waals surface area contributed by atoms with E-state index in [1.165, 1.54) is 50.7 Å². The van der Waals surface area contributed by atoms with Crippen LogP contribution >= 0.6 is 0 Å². The predicted molar refractivity (Wildman–Crippen MR) is 219 cm³/mol. The first-order chi connectivity index (χ1) is 28.1. The fourth-order valence-electron chi connectivity index (χ4n) is 8.39. The zero-order valence-electron chi connectivity index (χ0n) is 36.2. The van der Waals surface area contributed by atoms with E-state index in [0.717, 1.165) is 16.7 Å². The molecular formula is C48H39IrN4O. The van der Waals surface area contributed by atoms with Crippen molar-refractivity contribution in [2.24, 2.45) is 0 Å². The van der Waals surface area contributed by atoms with Crippen molar-refractivity contribution in [1.29, 1.82) is 0 Å². The van der Waals surface area contributed by atoms with Gasteiger partial charge in [-0.1, -0.05) is 99.8 Å². The number of furan rings is 1. The predicted octanol–water partition coefficient (Wildman–Crippen LogP) is 12.1. The molecule has 0 spiro atoms. The van der Waals surface area contributed by atoms with Crippen LogP contribution < -0.4 is 9.80 Å². The normalized spacial score (nSPS) is 17.3. The Morgan fingerprint density at radius 3 is 2.28 bits per heavy atom. The largest absolute Gasteiger partial charge is 3.00 e. The molecule has 3 aromatic heterocycles. The van der Waals surface area contributed by atoms with Gasteiger partial charge in [-0.2, -0.15) is 37.0 Å². The van der Waals surface area contributed by atoms with Crippen molar-refractivity contribution in [3.8, 4) is 11.3 Å². The van der Waals surface area contributed by atoms with Gasteiger partial charge in [0.2, 0.25) is 0 Å². The number of nitrogens with zero attached hydrogens (tertiary/aromatic N) is 4. The van der Waals surface area contributed by atoms with Crippen molar-refractivity contribution in [3.05, 3.63) is 157 Å². The van der Waals surface area contributed by atoms with Crippen LogP contribution in [0, 0.1) is 25.7 Å². The number of benzene rings is 6. The minimum atomic E-state index is -2.46. The van der Waals surface area contributed by atoms with Crippen LogP contribution in [-0.2, 0) is 30.9 Å². The van der Waals surface area contributed by atoms with E-state index >= 15 is 0 Å². The van der Waals surface area contributed by atoms with Gasteiger partial charge < -0.3 is 18.6 Å². The molecule has 9 aromatic rings. The van der Waals surface area contributed by atoms with Gasteiger partial charge in [-0.3, -0.25) is 4.98 Å². The van der Waals surface area contributed by atoms with Gasteiger partial charge in [0, 0.05) is 52.3 Å². The number of hydrogen-bond acceptors (Lipinski definition) is 4. The number of aryl methyl sites for hydroxylation is 1. The maximum absolute atomic E-state index is 8.02. The summed E-state index contributed by atoms with van der Waals surface area (Å²) in [6.07, 6.45) is 0. The average Bonchev–Trinajstić information content (AvgIpc) is 3.93. The molecule has 266 valence electrons. The van der Waals surface area contributed by atoms with Crippen LogP contribution in [0.5, 0.6) is 0 Å². The Morgan fingerprint density at radius 1 is 0.722 bits per heavy atom. The van der Waals surface area contributed by atoms with E-state index in [4.69, 9.17) is 17.6 Å². The SMILES string of the molecule is CC1(C)c2cccc3c4ccc[c-]c4c4nc(-c5ccccc5)c(n4c23)C1(C)C.[2H]C([2H])([2H])c1cccc2c1oc1c3c(ccc12)N(c1[c-]cccc1)[CH-]N3C([2H])([2H])[2H].[Ir+3]. The Kier molecular flexibility index (Phi) is 6.40. The van der Waals surface area contributed by atoms with Crippen LogP contribution in [0.1, 0.15) is 52.7 Å². The Balaban J connectivity index is 0.000000152. The van der Waals surface area contributed by atoms with E-state index in [1.54, 1.807) is 23.1 Å². The summed E-state index contributed by atoms with van der Waals surface area (Å²) < 4.78 is 56.0. The Bertz CT molecular complexity index is 3130. The van der Waals surface area contributed by atoms with E-state index in [9.17, 15) is 0 Å². The van der Waals surface area contributed by atoms with Gasteiger partial charge in [0.05, 0.1) is 17.0 Å². The van der Waals surface area contributed by atoms with Gasteiger partial charge in [0.25, 0.3) is 0 Å². The first-order valence-electron chi connectivity index (χ1n) is 20.8. The fraction of sp³-hybridized carbons (Fsp3) is 0.167. The van der Waals surface area contributed by atoms with Gasteiger partial charge in [-0.15, -0.1) is 35.3 Å². The molecule has 0 atom stereocenters. The molecule has 5 heterocycles. The van der Waals surface area contributed by atoms with Crippen LogP contribution in [-0.4, -0.2) is 16.4 Å². The number of hydrogen-bond donors (Lipinski definition) is 0. The van der Waals surface area contributed by atoms with Crippen LogP contribution in [0.15, 0.2) is 126 Å². The maximum Gasteiger partial charge on any atom is 3.00 e. The second kappa shape index (κ2) is 12.3. The number of rotatable bonds is 2. The molecular weight excluding hydrogens is 841 g/mol. The third-order valence-electron chi connectivity index (χ3n) is 11.7. The minimum Gasteiger partial charge on any atom is -0.501 e. The van der Waals surface area contributed by atoms with Crippen molar-refractivity contribution in [2.75, 3.05) is 16.8 Å². The Hall–Kier alpha value is -5.42. The summed E-state index contributed by atoms with van der Waals surface area (Å²) in [4.78, 5) is 8.18. The van der Waals surface area contributed by atoms with Gasteiger partial charge in [0.1, 0.15) is 5.58 Å². The second-order valence-corrected chi connectivity index (χ2v) is 14.9. The van der Waals surface area contributed by atoms with E-state index in [2.05, 4.69) is 105 Å². The first kappa shape index (κ1) is 28.1. The quantitative estimate of drug-likeness (QED) is 0.128. The third-order valence-corrected chi connectivity index (χ3v) is 11.7. The zero-order chi connectivity index (χ0) is 41.2. The van der Waals surface area contributed by atoms with E-state index in [1.807, 2.05) is 36.4 Å². The summed E-state index contributed by atoms with van der Waals surface area (Å²) in [6, 6.07) is 46.1. The average molecular weight is 886 g/mol. The van der Waals surface area contributed by atoms with Gasteiger partial charge in [0.15, 0.2) is 5.58 Å². The van der Waals surface area contributed by atoms with Crippen molar-refractivity contribution >= 4 is 66.3 Å². The standard InChI is InChI=1S/C27H23N2.C21H16N2O.Ir/c1-26(2)21-16-10-15-19-18-13-8-9-14-20(18)25-28-22(17-11-6-5-7-12-17)24(27(26,3)4)29(25)23(19)21;1-14-7-6-10-16-17-11-12-18-19(21(17)24-20(14)16)22(2)13-23(18)15-8-4-3-5-9-15;/h5-13,15-16H,1-4H3;3-8,10-13H,1-2H3;/q-1;-2;+3/i;1D3,2D3;. The van der Waals surface area contributed by atoms with Gasteiger partial charge in [-0.05, 0) is 42.5 Å². The maximum atomic E-state index is 8.02. The van der Waals surface area contributed by atoms with Crippen molar-refractivity contribution in [1.82, 2.24) is 9.38 Å². The fourth-order valence-corrected chi connectivity index (χ4v) is 8.39. The van der Waals surface area contributed by atoms with E-state index in [-0.39, 0.29) is 42.1 Å². The molecule has 0 aliphatic carbocycles. The Labute approximate surface area is 337 Å². The number of fused-ring (bicyclic) bond motifs is 8. The molecule has 0 amide bonds. The monoisotopic (exact) mass is 886 g/mol. The summed E-state index contributed by atoms with van der Waals surface area (Å²) in [5.74, 6) is 0. The van der Waals surface area contributed by atoms with Crippen LogP contribution in [0.3, 0.4) is 0 Å². The summed E-state index contributed by atoms with van der Waals surface area (Å²) in [5.41, 5.74) is 9.48. The molecule has 0 bridgehead atoms. The second-order valence-electron chi connectivity index (χ2n) is 14.9. The van der Waals surface area contributed by atoms with Crippen LogP contribution in [0.2, 0.25) is 0 Å². The van der Waals surface area contributed by atoms with E-state index < -0.39 is 13.8 Å². The third kappa shape index (κ3) is 4.69. The van der Waals surface area contributed by atoms with Crippen LogP contribution in [0.25, 0.3) is 60.5 Å². The molecule has 0 unspecified atom stereocenters. The summed E-state index contributed by atoms with van der Waals surface area (Å²) in [5, 5.41) is 4.90. The molecule has 0 saturated carbocycles. The molecule has 2 aliphatic heterocycles. The molecule has 0 saturated heterocycles. The molecule has 54 heavy (non-hydrogen) atoms. The van der Waals surface area contributed by atoms with Gasteiger partial charge in [-0.25, -0.2) is 0 Å². The molecule has 6 aromatic carbocycles. The summed E-state index contributed by atoms with van der Waals surface area (Å²) in [7, 11) is 0. The molecule has 0 radical (unpaired) electrons. The van der Waals surface area contributed by atoms with Crippen molar-refractivity contribution in [3.63, 3.8) is 0 Å². The molecule has 0 fully saturated rings. The minimum absolute atomic E-state index is 0. The number of para-hydroxylation sites is 3. The molecule has 6 heteroatoms. The smallest absolute Gasteiger partial charge is 0.501 e. The van der Waals surface area contributed by atoms with Crippen molar-refractivity contribution < 1.29 is 32.7 Å². The van der Waals surface area contributed by atoms with Crippen LogP contribution in [0.4, 0.5) is 17.1 Å². The number of imidazole rings is 1. The summed E-state index contributed by atoms with van der Waals surface area (Å²) in [6.45, 7) is 6.17. The van der Waals surface area contributed by atoms with E-state index in [0.29, 0.717) is 33.4 Å². The first-order valence-corrected chi connectivity index (χ1v) is 17.8. The topological polar surface area (TPSA) is 36.9 Å². The van der Waals surface area contributed by atoms with Crippen molar-refractivity contribution in [2.45, 2.75) is 45.4 Å². The zero-order valence-corrected chi connectivity index (χ0v) is 32.5. The Morgan fingerprint density at radius 2 is 1.48 bits per heavy atom. The molecule has 2 aliphatic rings. The van der Waals surface area contributed by atoms with Gasteiger partial charge >= 0.3 is 20.1 Å². The molecule has 0 N–H and O–H groups in total. The number of pyridine rings is 1. The molecule has 11 rings (SSSR count).